The molecule has 2 aromatic rings. The average Bonchev–Trinajstić information content (AvgIpc) is 3.43. The lowest BCUT2D eigenvalue weighted by atomic mass is 9.93. The molecule has 4 nitrogen and oxygen atoms in total. The number of carboxylic acid groups (broad SMARTS) is 1. The topological polar surface area (TPSA) is 66.4 Å². The van der Waals surface area contributed by atoms with E-state index in [0.29, 0.717) is 31.4 Å². The van der Waals surface area contributed by atoms with Gasteiger partial charge in [-0.25, -0.2) is 4.79 Å². The van der Waals surface area contributed by atoms with Crippen LogP contribution in [0.4, 0.5) is 13.2 Å². The minimum atomic E-state index is -4.44. The molecule has 2 aromatic carbocycles. The summed E-state index contributed by atoms with van der Waals surface area (Å²) in [6, 6.07) is 11.3. The number of rotatable bonds is 6. The third-order valence-corrected chi connectivity index (χ3v) is 4.83. The molecular weight excluding hydrogens is 359 g/mol. The van der Waals surface area contributed by atoms with Crippen molar-refractivity contribution in [1.29, 1.82) is 0 Å². The number of carboxylic acids is 1. The minimum absolute atomic E-state index is 0.185. The Hall–Kier alpha value is -2.83. The molecule has 0 aromatic heterocycles. The molecule has 0 atom stereocenters. The Morgan fingerprint density at radius 2 is 1.74 bits per heavy atom. The van der Waals surface area contributed by atoms with E-state index in [1.807, 2.05) is 0 Å². The number of nitrogens with one attached hydrogen (secondary N) is 1. The molecule has 0 saturated heterocycles. The van der Waals surface area contributed by atoms with Crippen LogP contribution in [0.15, 0.2) is 48.5 Å². The summed E-state index contributed by atoms with van der Waals surface area (Å²) in [6.45, 7) is 0.325. The second-order valence-electron chi connectivity index (χ2n) is 6.67. The van der Waals surface area contributed by atoms with Gasteiger partial charge >= 0.3 is 12.1 Å². The zero-order chi connectivity index (χ0) is 19.7. The van der Waals surface area contributed by atoms with Crippen molar-refractivity contribution in [3.05, 3.63) is 70.8 Å². The molecule has 2 N–H and O–H groups in total. The monoisotopic (exact) mass is 377 g/mol. The molecule has 3 rings (SSSR count). The van der Waals surface area contributed by atoms with E-state index in [1.165, 1.54) is 18.2 Å². The molecule has 7 heteroatoms. The van der Waals surface area contributed by atoms with E-state index >= 15 is 0 Å². The molecule has 1 aliphatic rings. The molecule has 142 valence electrons. The summed E-state index contributed by atoms with van der Waals surface area (Å²) >= 11 is 0. The van der Waals surface area contributed by atoms with E-state index in [-0.39, 0.29) is 11.5 Å². The van der Waals surface area contributed by atoms with E-state index < -0.39 is 23.1 Å². The molecule has 1 saturated carbocycles. The molecule has 27 heavy (non-hydrogen) atoms. The third-order valence-electron chi connectivity index (χ3n) is 4.83. The van der Waals surface area contributed by atoms with Crippen molar-refractivity contribution < 1.29 is 27.9 Å². The van der Waals surface area contributed by atoms with Gasteiger partial charge in [0.25, 0.3) is 0 Å². The van der Waals surface area contributed by atoms with E-state index in [1.54, 1.807) is 18.2 Å². The van der Waals surface area contributed by atoms with Crippen LogP contribution < -0.4 is 5.32 Å². The van der Waals surface area contributed by atoms with E-state index in [9.17, 15) is 22.8 Å². The van der Waals surface area contributed by atoms with Gasteiger partial charge in [0, 0.05) is 6.54 Å². The molecule has 0 bridgehead atoms. The predicted octanol–water partition coefficient (Wildman–Crippen LogP) is 3.79. The highest BCUT2D eigenvalue weighted by atomic mass is 19.4. The van der Waals surface area contributed by atoms with Gasteiger partial charge in [-0.15, -0.1) is 0 Å². The summed E-state index contributed by atoms with van der Waals surface area (Å²) in [5.41, 5.74) is -0.194. The van der Waals surface area contributed by atoms with E-state index in [0.717, 1.165) is 17.7 Å². The second kappa shape index (κ2) is 7.06. The summed E-state index contributed by atoms with van der Waals surface area (Å²) in [6.07, 6.45) is -2.89. The molecule has 0 unspecified atom stereocenters. The minimum Gasteiger partial charge on any atom is -0.478 e. The number of aromatic carboxylic acids is 1. The Morgan fingerprint density at radius 1 is 1.07 bits per heavy atom. The maximum absolute atomic E-state index is 12.9. The standard InChI is InChI=1S/C20H18F3NO3/c21-20(22,23)16-3-1-2-15(12-16)19(9-10-19)18(27)24-11-8-13-4-6-14(7-5-13)17(25)26/h1-7,12H,8-11H2,(H,24,27)(H,25,26). The molecule has 1 aliphatic carbocycles. The van der Waals surface area contributed by atoms with Crippen LogP contribution in [0, 0.1) is 0 Å². The number of benzene rings is 2. The molecule has 1 amide bonds. The van der Waals surface area contributed by atoms with Crippen molar-refractivity contribution in [2.24, 2.45) is 0 Å². The van der Waals surface area contributed by atoms with Crippen LogP contribution in [0.1, 0.15) is 39.9 Å². The first kappa shape index (κ1) is 18.9. The highest BCUT2D eigenvalue weighted by Crippen LogP contribution is 2.49. The SMILES string of the molecule is O=C(O)c1ccc(CCNC(=O)C2(c3cccc(C(F)(F)F)c3)CC2)cc1. The fourth-order valence-electron chi connectivity index (χ4n) is 3.07. The van der Waals surface area contributed by atoms with Crippen LogP contribution in [0.3, 0.4) is 0 Å². The largest absolute Gasteiger partial charge is 0.478 e. The Balaban J connectivity index is 1.62. The number of hydrogen-bond donors (Lipinski definition) is 2. The lowest BCUT2D eigenvalue weighted by molar-refractivity contribution is -0.137. The first-order valence-electron chi connectivity index (χ1n) is 8.51. The Bertz CT molecular complexity index is 856. The Kier molecular flexibility index (Phi) is 4.95. The van der Waals surface area contributed by atoms with Gasteiger partial charge in [-0.1, -0.05) is 30.3 Å². The van der Waals surface area contributed by atoms with Crippen LogP contribution in [0.2, 0.25) is 0 Å². The number of hydrogen-bond acceptors (Lipinski definition) is 2. The van der Waals surface area contributed by atoms with Crippen LogP contribution in [-0.2, 0) is 22.8 Å². The number of carbonyl (C=O) groups is 2. The second-order valence-corrected chi connectivity index (χ2v) is 6.67. The summed E-state index contributed by atoms with van der Waals surface area (Å²) in [4.78, 5) is 23.4. The first-order valence-corrected chi connectivity index (χ1v) is 8.51. The van der Waals surface area contributed by atoms with Crippen molar-refractivity contribution in [3.8, 4) is 0 Å². The zero-order valence-electron chi connectivity index (χ0n) is 14.3. The predicted molar refractivity (Wildman–Crippen MR) is 92.5 cm³/mol. The molecule has 1 fully saturated rings. The lowest BCUT2D eigenvalue weighted by Gasteiger charge is -2.17. The average molecular weight is 377 g/mol. The van der Waals surface area contributed by atoms with Gasteiger partial charge in [0.1, 0.15) is 0 Å². The van der Waals surface area contributed by atoms with Crippen LogP contribution in [0.5, 0.6) is 0 Å². The number of alkyl halides is 3. The normalized spacial score (nSPS) is 15.2. The first-order chi connectivity index (χ1) is 12.7. The fourth-order valence-corrected chi connectivity index (χ4v) is 3.07. The van der Waals surface area contributed by atoms with Crippen LogP contribution >= 0.6 is 0 Å². The smallest absolute Gasteiger partial charge is 0.416 e. The quantitative estimate of drug-likeness (QED) is 0.805. The Labute approximate surface area is 154 Å². The van der Waals surface area contributed by atoms with Crippen molar-refractivity contribution in [2.45, 2.75) is 30.9 Å². The maximum atomic E-state index is 12.9. The van der Waals surface area contributed by atoms with Gasteiger partial charge in [-0.2, -0.15) is 13.2 Å². The zero-order valence-corrected chi connectivity index (χ0v) is 14.3. The van der Waals surface area contributed by atoms with Crippen molar-refractivity contribution >= 4 is 11.9 Å². The number of halogens is 3. The van der Waals surface area contributed by atoms with Crippen molar-refractivity contribution in [1.82, 2.24) is 5.32 Å². The summed E-state index contributed by atoms with van der Waals surface area (Å²) in [5.74, 6) is -1.28. The third kappa shape index (κ3) is 4.13. The van der Waals surface area contributed by atoms with Gasteiger partial charge in [0.15, 0.2) is 0 Å². The lowest BCUT2D eigenvalue weighted by Crippen LogP contribution is -2.36. The summed E-state index contributed by atoms with van der Waals surface area (Å²) < 4.78 is 38.7. The molecular formula is C20H18F3NO3. The highest BCUT2D eigenvalue weighted by molar-refractivity contribution is 5.91. The van der Waals surface area contributed by atoms with Crippen molar-refractivity contribution in [3.63, 3.8) is 0 Å². The van der Waals surface area contributed by atoms with E-state index in [4.69, 9.17) is 5.11 Å². The van der Waals surface area contributed by atoms with E-state index in [2.05, 4.69) is 5.32 Å². The highest BCUT2D eigenvalue weighted by Gasteiger charge is 2.51. The van der Waals surface area contributed by atoms with Crippen molar-refractivity contribution in [2.75, 3.05) is 6.54 Å². The Morgan fingerprint density at radius 3 is 2.30 bits per heavy atom. The summed E-state index contributed by atoms with van der Waals surface area (Å²) in [5, 5.41) is 11.7. The molecule has 0 spiro atoms. The van der Waals surface area contributed by atoms with Gasteiger partial charge in [-0.3, -0.25) is 4.79 Å². The number of carbonyl (C=O) groups excluding carboxylic acids is 1. The molecule has 0 aliphatic heterocycles. The molecule has 0 radical (unpaired) electrons. The van der Waals surface area contributed by atoms with Crippen LogP contribution in [0.25, 0.3) is 0 Å². The molecule has 0 heterocycles. The van der Waals surface area contributed by atoms with Gasteiger partial charge in [0.2, 0.25) is 5.91 Å². The van der Waals surface area contributed by atoms with Gasteiger partial charge in [-0.05, 0) is 48.6 Å². The fraction of sp³-hybridized carbons (Fsp3) is 0.300. The maximum Gasteiger partial charge on any atom is 0.416 e. The number of amides is 1. The van der Waals surface area contributed by atoms with Gasteiger partial charge in [0.05, 0.1) is 16.5 Å². The van der Waals surface area contributed by atoms with Crippen LogP contribution in [-0.4, -0.2) is 23.5 Å². The van der Waals surface area contributed by atoms with Gasteiger partial charge < -0.3 is 10.4 Å². The summed E-state index contributed by atoms with van der Waals surface area (Å²) in [7, 11) is 0.